The van der Waals surface area contributed by atoms with Crippen molar-refractivity contribution >= 4 is 22.7 Å². The van der Waals surface area contributed by atoms with Crippen molar-refractivity contribution in [2.45, 2.75) is 32.4 Å². The van der Waals surface area contributed by atoms with Gasteiger partial charge in [0.2, 0.25) is 5.95 Å². The van der Waals surface area contributed by atoms with Crippen LogP contribution >= 0.6 is 0 Å². The number of alkyl halides is 2. The van der Waals surface area contributed by atoms with Gasteiger partial charge in [0.1, 0.15) is 11.1 Å². The highest BCUT2D eigenvalue weighted by molar-refractivity contribution is 5.77. The summed E-state index contributed by atoms with van der Waals surface area (Å²) in [6, 6.07) is 10.3. The average Bonchev–Trinajstić information content (AvgIpc) is 3.10. The Morgan fingerprint density at radius 2 is 2.09 bits per heavy atom. The Hall–Kier alpha value is -3.92. The summed E-state index contributed by atoms with van der Waals surface area (Å²) in [6.45, 7) is 6.38. The fraction of sp³-hybridized carbons (Fsp3) is 0.250. The molecule has 0 saturated heterocycles. The van der Waals surface area contributed by atoms with E-state index in [4.69, 9.17) is 0 Å². The second-order valence-electron chi connectivity index (χ2n) is 8.22. The van der Waals surface area contributed by atoms with Crippen LogP contribution < -0.4 is 16.2 Å². The molecule has 4 aromatic rings. The standard InChI is InChI=1S/C24H23F2N7O/c1-3-11-32-22(34)18-14-28-23(29-17-8-7-16-13-27-10-9-15(16)12-17)31-21(18)33(32)20-6-4-5-19(30-20)24(2,25)26/h3-8,12,14,27H,1,9-11,13H2,2H3,(H,28,29,31). The molecule has 34 heavy (non-hydrogen) atoms. The molecule has 0 amide bonds. The molecule has 0 bridgehead atoms. The van der Waals surface area contributed by atoms with E-state index in [0.29, 0.717) is 0 Å². The van der Waals surface area contributed by atoms with Crippen LogP contribution in [0.5, 0.6) is 0 Å². The van der Waals surface area contributed by atoms with Crippen LogP contribution in [-0.2, 0) is 25.4 Å². The van der Waals surface area contributed by atoms with Crippen molar-refractivity contribution in [2.75, 3.05) is 11.9 Å². The number of hydrogen-bond donors (Lipinski definition) is 2. The van der Waals surface area contributed by atoms with Crippen molar-refractivity contribution in [3.8, 4) is 5.82 Å². The number of nitrogens with zero attached hydrogens (tertiary/aromatic N) is 5. The summed E-state index contributed by atoms with van der Waals surface area (Å²) in [5, 5.41) is 6.79. The number of pyridine rings is 1. The maximum atomic E-state index is 13.9. The minimum absolute atomic E-state index is 0.144. The van der Waals surface area contributed by atoms with E-state index >= 15 is 0 Å². The monoisotopic (exact) mass is 463 g/mol. The molecule has 174 valence electrons. The van der Waals surface area contributed by atoms with E-state index < -0.39 is 11.6 Å². The first-order valence-electron chi connectivity index (χ1n) is 10.9. The molecule has 1 aliphatic heterocycles. The predicted molar refractivity (Wildman–Crippen MR) is 126 cm³/mol. The highest BCUT2D eigenvalue weighted by Gasteiger charge is 2.27. The summed E-state index contributed by atoms with van der Waals surface area (Å²) in [6.07, 6.45) is 3.91. The summed E-state index contributed by atoms with van der Waals surface area (Å²) < 4.78 is 30.7. The van der Waals surface area contributed by atoms with Crippen LogP contribution in [0.1, 0.15) is 23.7 Å². The van der Waals surface area contributed by atoms with Gasteiger partial charge in [-0.05, 0) is 48.4 Å². The van der Waals surface area contributed by atoms with Crippen LogP contribution in [0.4, 0.5) is 20.4 Å². The van der Waals surface area contributed by atoms with Crippen LogP contribution in [0.25, 0.3) is 16.9 Å². The van der Waals surface area contributed by atoms with E-state index in [1.165, 1.54) is 38.8 Å². The van der Waals surface area contributed by atoms with E-state index in [1.54, 1.807) is 12.1 Å². The lowest BCUT2D eigenvalue weighted by Crippen LogP contribution is -2.23. The fourth-order valence-corrected chi connectivity index (χ4v) is 4.08. The highest BCUT2D eigenvalue weighted by Crippen LogP contribution is 2.27. The normalized spacial score (nSPS) is 13.6. The zero-order valence-corrected chi connectivity index (χ0v) is 18.6. The lowest BCUT2D eigenvalue weighted by molar-refractivity contribution is 0.0127. The molecule has 4 heterocycles. The van der Waals surface area contributed by atoms with Crippen molar-refractivity contribution in [1.82, 2.24) is 29.6 Å². The second kappa shape index (κ2) is 8.45. The molecule has 1 aliphatic rings. The van der Waals surface area contributed by atoms with Gasteiger partial charge in [-0.1, -0.05) is 18.2 Å². The molecule has 2 N–H and O–H groups in total. The first kappa shape index (κ1) is 21.9. The number of halogens is 2. The molecule has 0 atom stereocenters. The van der Waals surface area contributed by atoms with Gasteiger partial charge in [0, 0.05) is 25.4 Å². The topological polar surface area (TPSA) is 89.7 Å². The van der Waals surface area contributed by atoms with Crippen molar-refractivity contribution in [3.63, 3.8) is 0 Å². The molecule has 0 radical (unpaired) electrons. The van der Waals surface area contributed by atoms with Gasteiger partial charge >= 0.3 is 0 Å². The van der Waals surface area contributed by atoms with Gasteiger partial charge in [-0.2, -0.15) is 13.8 Å². The summed E-state index contributed by atoms with van der Waals surface area (Å²) in [5.74, 6) is -2.70. The number of rotatable bonds is 6. The van der Waals surface area contributed by atoms with E-state index in [9.17, 15) is 13.6 Å². The van der Waals surface area contributed by atoms with Crippen LogP contribution in [-0.4, -0.2) is 30.9 Å². The SMILES string of the molecule is C=CCn1c(=O)c2cnc(Nc3ccc4c(c3)CCNC4)nc2n1-c1cccc(C(C)(F)F)n1. The van der Waals surface area contributed by atoms with Gasteiger partial charge in [-0.3, -0.25) is 4.79 Å². The van der Waals surface area contributed by atoms with Crippen molar-refractivity contribution in [3.05, 3.63) is 82.4 Å². The van der Waals surface area contributed by atoms with Gasteiger partial charge < -0.3 is 10.6 Å². The third kappa shape index (κ3) is 3.96. The Balaban J connectivity index is 1.62. The lowest BCUT2D eigenvalue weighted by Gasteiger charge is -2.18. The largest absolute Gasteiger partial charge is 0.324 e. The molecular weight excluding hydrogens is 440 g/mol. The highest BCUT2D eigenvalue weighted by atomic mass is 19.3. The number of hydrogen-bond acceptors (Lipinski definition) is 6. The minimum atomic E-state index is -3.13. The lowest BCUT2D eigenvalue weighted by atomic mass is 10.0. The van der Waals surface area contributed by atoms with E-state index in [-0.39, 0.29) is 34.9 Å². The summed E-state index contributed by atoms with van der Waals surface area (Å²) in [5.41, 5.74) is 2.82. The Morgan fingerprint density at radius 3 is 2.88 bits per heavy atom. The number of nitrogens with one attached hydrogen (secondary N) is 2. The third-order valence-corrected chi connectivity index (χ3v) is 5.73. The summed E-state index contributed by atoms with van der Waals surface area (Å²) in [4.78, 5) is 26.0. The minimum Gasteiger partial charge on any atom is -0.324 e. The smallest absolute Gasteiger partial charge is 0.287 e. The Kier molecular flexibility index (Phi) is 5.45. The van der Waals surface area contributed by atoms with Gasteiger partial charge in [0.05, 0.1) is 6.54 Å². The molecule has 10 heteroatoms. The first-order chi connectivity index (χ1) is 16.3. The van der Waals surface area contributed by atoms with E-state index in [0.717, 1.165) is 32.1 Å². The molecule has 0 aliphatic carbocycles. The fourth-order valence-electron chi connectivity index (χ4n) is 4.08. The van der Waals surface area contributed by atoms with Gasteiger partial charge in [-0.25, -0.2) is 19.3 Å². The van der Waals surface area contributed by atoms with Crippen molar-refractivity contribution in [2.24, 2.45) is 0 Å². The molecule has 0 unspecified atom stereocenters. The Bertz CT molecular complexity index is 1450. The Morgan fingerprint density at radius 1 is 1.24 bits per heavy atom. The molecule has 5 rings (SSSR count). The number of anilines is 2. The average molecular weight is 463 g/mol. The van der Waals surface area contributed by atoms with Gasteiger partial charge in [-0.15, -0.1) is 6.58 Å². The van der Waals surface area contributed by atoms with Crippen LogP contribution in [0.2, 0.25) is 0 Å². The molecule has 1 aromatic carbocycles. The molecule has 0 fully saturated rings. The third-order valence-electron chi connectivity index (χ3n) is 5.73. The number of fused-ring (bicyclic) bond motifs is 2. The molecule has 0 saturated carbocycles. The number of benzene rings is 1. The van der Waals surface area contributed by atoms with Gasteiger partial charge in [0.15, 0.2) is 11.5 Å². The molecule has 0 spiro atoms. The predicted octanol–water partition coefficient (Wildman–Crippen LogP) is 3.66. The molecule has 8 nitrogen and oxygen atoms in total. The maximum Gasteiger partial charge on any atom is 0.287 e. The zero-order chi connectivity index (χ0) is 23.9. The molecule has 3 aromatic heterocycles. The summed E-state index contributed by atoms with van der Waals surface area (Å²) >= 11 is 0. The number of allylic oxidation sites excluding steroid dienone is 1. The van der Waals surface area contributed by atoms with Crippen molar-refractivity contribution in [1.29, 1.82) is 0 Å². The Labute approximate surface area is 194 Å². The van der Waals surface area contributed by atoms with E-state index in [1.807, 2.05) is 6.07 Å². The van der Waals surface area contributed by atoms with Crippen LogP contribution in [0.15, 0.2) is 60.0 Å². The quantitative estimate of drug-likeness (QED) is 0.424. The van der Waals surface area contributed by atoms with Gasteiger partial charge in [0.25, 0.3) is 11.5 Å². The zero-order valence-electron chi connectivity index (χ0n) is 18.6. The van der Waals surface area contributed by atoms with Crippen LogP contribution in [0, 0.1) is 0 Å². The van der Waals surface area contributed by atoms with Crippen LogP contribution in [0.3, 0.4) is 0 Å². The molecular formula is C24H23F2N7O. The summed E-state index contributed by atoms with van der Waals surface area (Å²) in [7, 11) is 0. The van der Waals surface area contributed by atoms with Crippen molar-refractivity contribution < 1.29 is 8.78 Å². The van der Waals surface area contributed by atoms with E-state index in [2.05, 4.69) is 44.3 Å². The number of aromatic nitrogens is 5. The second-order valence-corrected chi connectivity index (χ2v) is 8.22. The maximum absolute atomic E-state index is 13.9. The first-order valence-corrected chi connectivity index (χ1v) is 10.9.